The van der Waals surface area contributed by atoms with Crippen LogP contribution in [-0.4, -0.2) is 18.1 Å². The van der Waals surface area contributed by atoms with E-state index in [0.717, 1.165) is 11.1 Å². The molecule has 0 aliphatic heterocycles. The zero-order chi connectivity index (χ0) is 26.0. The average molecular weight is 502 g/mol. The fourth-order valence-corrected chi connectivity index (χ4v) is 4.27. The number of benzene rings is 4. The van der Waals surface area contributed by atoms with E-state index in [0.29, 0.717) is 22.6 Å². The lowest BCUT2D eigenvalue weighted by Gasteiger charge is -2.13. The number of nitrogen functional groups attached to an aromatic ring is 1. The summed E-state index contributed by atoms with van der Waals surface area (Å²) in [5.74, 6) is -0.555. The van der Waals surface area contributed by atoms with Crippen LogP contribution < -0.4 is 5.73 Å². The van der Waals surface area contributed by atoms with Crippen molar-refractivity contribution >= 4 is 55.4 Å². The summed E-state index contributed by atoms with van der Waals surface area (Å²) in [5, 5.41) is 27.9. The van der Waals surface area contributed by atoms with Crippen molar-refractivity contribution in [2.45, 2.75) is 18.7 Å². The summed E-state index contributed by atoms with van der Waals surface area (Å²) in [7, 11) is -4.75. The van der Waals surface area contributed by atoms with Gasteiger partial charge in [-0.2, -0.15) is 18.6 Å². The van der Waals surface area contributed by atoms with Crippen molar-refractivity contribution in [3.63, 3.8) is 0 Å². The summed E-state index contributed by atoms with van der Waals surface area (Å²) in [5.41, 5.74) is 9.83. The second-order valence-corrected chi connectivity index (χ2v) is 9.52. The molecular formula is C26H23N5O4S. The minimum absolute atomic E-state index is 0.0719. The minimum atomic E-state index is -4.75. The number of phenolic OH excluding ortho intramolecular Hbond substituents is 1. The molecule has 4 aromatic rings. The monoisotopic (exact) mass is 501 g/mol. The lowest BCUT2D eigenvalue weighted by Crippen LogP contribution is -2.00. The molecule has 9 nitrogen and oxygen atoms in total. The summed E-state index contributed by atoms with van der Waals surface area (Å²) in [6.45, 7) is 7.34. The molecule has 0 saturated heterocycles. The van der Waals surface area contributed by atoms with Crippen LogP contribution in [0, 0.1) is 13.8 Å². The minimum Gasteiger partial charge on any atom is -0.505 e. The number of rotatable bonds is 6. The molecule has 0 radical (unpaired) electrons. The highest BCUT2D eigenvalue weighted by Gasteiger charge is 2.24. The molecule has 4 N–H and O–H groups in total. The maximum Gasteiger partial charge on any atom is 0.296 e. The van der Waals surface area contributed by atoms with Crippen molar-refractivity contribution in [1.82, 2.24) is 0 Å². The van der Waals surface area contributed by atoms with Gasteiger partial charge in [-0.3, -0.25) is 4.55 Å². The number of hydrogen-bond acceptors (Lipinski definition) is 8. The van der Waals surface area contributed by atoms with Crippen LogP contribution in [0.4, 0.5) is 28.4 Å². The third-order valence-corrected chi connectivity index (χ3v) is 6.38. The van der Waals surface area contributed by atoms with Crippen LogP contribution in [0.2, 0.25) is 0 Å². The first-order valence-electron chi connectivity index (χ1n) is 10.8. The van der Waals surface area contributed by atoms with E-state index >= 15 is 0 Å². The molecule has 0 aromatic heterocycles. The Hall–Kier alpha value is -4.41. The summed E-state index contributed by atoms with van der Waals surface area (Å²) in [6.07, 6.45) is 1.71. The fourth-order valence-electron chi connectivity index (χ4n) is 3.61. The van der Waals surface area contributed by atoms with Gasteiger partial charge in [-0.15, -0.1) is 10.2 Å². The predicted octanol–water partition coefficient (Wildman–Crippen LogP) is 7.46. The average Bonchev–Trinajstić information content (AvgIpc) is 2.83. The van der Waals surface area contributed by atoms with Crippen LogP contribution >= 0.6 is 0 Å². The van der Waals surface area contributed by atoms with Crippen LogP contribution in [0.5, 0.6) is 5.75 Å². The van der Waals surface area contributed by atoms with Gasteiger partial charge >= 0.3 is 0 Å². The molecule has 0 unspecified atom stereocenters. The molecule has 0 spiro atoms. The second kappa shape index (κ2) is 9.68. The van der Waals surface area contributed by atoms with E-state index in [1.165, 1.54) is 6.07 Å². The van der Waals surface area contributed by atoms with Crippen LogP contribution in [0.1, 0.15) is 16.7 Å². The number of nitrogens with zero attached hydrogens (tertiary/aromatic N) is 4. The molecule has 0 aliphatic rings. The number of azo groups is 2. The Morgan fingerprint density at radius 2 is 1.42 bits per heavy atom. The topological polar surface area (TPSA) is 150 Å². The van der Waals surface area contributed by atoms with E-state index in [9.17, 15) is 18.1 Å². The van der Waals surface area contributed by atoms with Gasteiger partial charge < -0.3 is 10.8 Å². The number of aryl methyl sites for hydroxylation is 2. The van der Waals surface area contributed by atoms with Crippen LogP contribution in [0.25, 0.3) is 16.8 Å². The Bertz CT molecular complexity index is 1640. The fraction of sp³-hybridized carbons (Fsp3) is 0.0769. The molecule has 0 atom stereocenters. The van der Waals surface area contributed by atoms with Crippen LogP contribution in [0.3, 0.4) is 0 Å². The van der Waals surface area contributed by atoms with Crippen molar-refractivity contribution in [2.24, 2.45) is 20.5 Å². The smallest absolute Gasteiger partial charge is 0.296 e. The maximum atomic E-state index is 12.1. The molecule has 0 aliphatic carbocycles. The highest BCUT2D eigenvalue weighted by molar-refractivity contribution is 7.86. The van der Waals surface area contributed by atoms with Gasteiger partial charge in [0.25, 0.3) is 10.1 Å². The molecule has 0 amide bonds. The summed E-state index contributed by atoms with van der Waals surface area (Å²) >= 11 is 0. The van der Waals surface area contributed by atoms with Gasteiger partial charge in [0.05, 0.1) is 22.4 Å². The number of nitrogens with two attached hydrogens (primary N) is 1. The predicted molar refractivity (Wildman–Crippen MR) is 141 cm³/mol. The number of anilines is 1. The van der Waals surface area contributed by atoms with Crippen molar-refractivity contribution in [3.05, 3.63) is 83.9 Å². The number of aromatic hydroxyl groups is 1. The molecule has 4 rings (SSSR count). The van der Waals surface area contributed by atoms with Gasteiger partial charge in [-0.05, 0) is 66.8 Å². The molecule has 0 bridgehead atoms. The molecule has 182 valence electrons. The molecule has 0 heterocycles. The lowest BCUT2D eigenvalue weighted by molar-refractivity contribution is 0.472. The third kappa shape index (κ3) is 4.99. The molecular weight excluding hydrogens is 478 g/mol. The Balaban J connectivity index is 1.88. The standard InChI is InChI=1S/C26H23N5O4S/c1-4-17-7-11-20(12-8-17)28-30-24-16(3)13-18-14-21(36(33,34)35)25(26(32)22(18)23(24)27)31-29-19-9-5-15(2)6-10-19/h4-14,32H,1,27H2,2-3H3,(H,33,34,35). The Labute approximate surface area is 208 Å². The van der Waals surface area contributed by atoms with Crippen LogP contribution in [0.15, 0.2) is 92.6 Å². The Morgan fingerprint density at radius 1 is 0.861 bits per heavy atom. The van der Waals surface area contributed by atoms with E-state index < -0.39 is 26.5 Å². The first-order valence-corrected chi connectivity index (χ1v) is 12.2. The largest absolute Gasteiger partial charge is 0.505 e. The molecule has 0 saturated carbocycles. The third-order valence-electron chi connectivity index (χ3n) is 5.51. The molecule has 10 heteroatoms. The Kier molecular flexibility index (Phi) is 6.65. The summed E-state index contributed by atoms with van der Waals surface area (Å²) in [4.78, 5) is -0.598. The normalized spacial score (nSPS) is 12.1. The lowest BCUT2D eigenvalue weighted by atomic mass is 10.0. The van der Waals surface area contributed by atoms with Crippen molar-refractivity contribution < 1.29 is 18.1 Å². The van der Waals surface area contributed by atoms with E-state index in [4.69, 9.17) is 5.73 Å². The molecule has 0 fully saturated rings. The maximum absolute atomic E-state index is 12.1. The first kappa shape index (κ1) is 24.7. The van der Waals surface area contributed by atoms with Gasteiger partial charge in [-0.25, -0.2) is 0 Å². The van der Waals surface area contributed by atoms with Gasteiger partial charge in [0.15, 0.2) is 5.75 Å². The second-order valence-electron chi connectivity index (χ2n) is 8.13. The zero-order valence-corrected chi connectivity index (χ0v) is 20.4. The van der Waals surface area contributed by atoms with E-state index in [1.807, 2.05) is 19.1 Å². The number of hydrogen-bond donors (Lipinski definition) is 3. The van der Waals surface area contributed by atoms with Gasteiger partial charge in [0, 0.05) is 0 Å². The van der Waals surface area contributed by atoms with Crippen molar-refractivity contribution in [3.8, 4) is 5.75 Å². The van der Waals surface area contributed by atoms with Crippen molar-refractivity contribution in [1.29, 1.82) is 0 Å². The van der Waals surface area contributed by atoms with E-state index in [1.54, 1.807) is 55.5 Å². The Morgan fingerprint density at radius 3 is 1.97 bits per heavy atom. The van der Waals surface area contributed by atoms with E-state index in [-0.39, 0.29) is 16.5 Å². The highest BCUT2D eigenvalue weighted by Crippen LogP contribution is 2.47. The SMILES string of the molecule is C=Cc1ccc(N=Nc2c(C)cc3cc(S(=O)(=O)O)c(N=Nc4ccc(C)cc4)c(O)c3c2N)cc1. The van der Waals surface area contributed by atoms with E-state index in [2.05, 4.69) is 27.0 Å². The summed E-state index contributed by atoms with van der Waals surface area (Å²) in [6, 6.07) is 17.0. The highest BCUT2D eigenvalue weighted by atomic mass is 32.2. The number of phenols is 1. The first-order chi connectivity index (χ1) is 17.1. The zero-order valence-electron chi connectivity index (χ0n) is 19.5. The van der Waals surface area contributed by atoms with Gasteiger partial charge in [-0.1, -0.05) is 42.5 Å². The molecule has 36 heavy (non-hydrogen) atoms. The number of fused-ring (bicyclic) bond motifs is 1. The molecule has 4 aromatic carbocycles. The summed E-state index contributed by atoms with van der Waals surface area (Å²) < 4.78 is 34.1. The van der Waals surface area contributed by atoms with Crippen molar-refractivity contribution in [2.75, 3.05) is 5.73 Å². The van der Waals surface area contributed by atoms with Gasteiger partial charge in [0.1, 0.15) is 16.3 Å². The van der Waals surface area contributed by atoms with Crippen LogP contribution in [-0.2, 0) is 10.1 Å². The van der Waals surface area contributed by atoms with Gasteiger partial charge in [0.2, 0.25) is 0 Å². The quantitative estimate of drug-likeness (QED) is 0.142.